The van der Waals surface area contributed by atoms with Gasteiger partial charge in [-0.3, -0.25) is 14.5 Å². The molecule has 6 heteroatoms. The van der Waals surface area contributed by atoms with Gasteiger partial charge < -0.3 is 14.8 Å². The van der Waals surface area contributed by atoms with E-state index < -0.39 is 17.9 Å². The first-order valence-electron chi connectivity index (χ1n) is 11.0. The SMILES string of the molecule is O=C(O)[C@H]1[C@H](CO)[C@H]2Cn3c(ccc(-c4ccccc4)c3=O)[C@H]2N1CCc1ccccc1. The fraction of sp³-hybridized carbons (Fsp3) is 0.308. The lowest BCUT2D eigenvalue weighted by Gasteiger charge is -2.29. The maximum Gasteiger partial charge on any atom is 0.321 e. The van der Waals surface area contributed by atoms with E-state index in [1.165, 1.54) is 0 Å². The molecule has 4 atom stereocenters. The number of aliphatic hydroxyl groups excluding tert-OH is 1. The zero-order chi connectivity index (χ0) is 22.2. The lowest BCUT2D eigenvalue weighted by atomic mass is 9.88. The van der Waals surface area contributed by atoms with Crippen molar-refractivity contribution < 1.29 is 15.0 Å². The van der Waals surface area contributed by atoms with Gasteiger partial charge in [-0.25, -0.2) is 0 Å². The molecule has 0 spiro atoms. The van der Waals surface area contributed by atoms with Gasteiger partial charge in [0, 0.05) is 42.8 Å². The highest BCUT2D eigenvalue weighted by Crippen LogP contribution is 2.49. The van der Waals surface area contributed by atoms with Crippen LogP contribution in [0.4, 0.5) is 0 Å². The fourth-order valence-corrected chi connectivity index (χ4v) is 5.59. The van der Waals surface area contributed by atoms with Crippen LogP contribution in [0.2, 0.25) is 0 Å². The summed E-state index contributed by atoms with van der Waals surface area (Å²) >= 11 is 0. The van der Waals surface area contributed by atoms with E-state index in [4.69, 9.17) is 0 Å². The Labute approximate surface area is 186 Å². The second kappa shape index (κ2) is 8.37. The molecule has 2 aliphatic rings. The molecule has 0 amide bonds. The van der Waals surface area contributed by atoms with Gasteiger partial charge in [0.25, 0.3) is 5.56 Å². The first-order valence-corrected chi connectivity index (χ1v) is 11.0. The van der Waals surface area contributed by atoms with Gasteiger partial charge in [-0.2, -0.15) is 0 Å². The van der Waals surface area contributed by atoms with Gasteiger partial charge in [0.1, 0.15) is 6.04 Å². The van der Waals surface area contributed by atoms with E-state index in [1.54, 1.807) is 4.57 Å². The molecule has 2 aromatic carbocycles. The van der Waals surface area contributed by atoms with Crippen LogP contribution < -0.4 is 5.56 Å². The lowest BCUT2D eigenvalue weighted by molar-refractivity contribution is -0.144. The number of carbonyl (C=O) groups is 1. The smallest absolute Gasteiger partial charge is 0.321 e. The molecule has 5 rings (SSSR count). The Kier molecular flexibility index (Phi) is 5.41. The highest BCUT2D eigenvalue weighted by molar-refractivity contribution is 5.75. The first kappa shape index (κ1) is 20.7. The van der Waals surface area contributed by atoms with E-state index in [0.717, 1.165) is 16.8 Å². The summed E-state index contributed by atoms with van der Waals surface area (Å²) in [6.07, 6.45) is 0.707. The lowest BCUT2D eigenvalue weighted by Crippen LogP contribution is -2.43. The number of hydrogen-bond donors (Lipinski definition) is 2. The van der Waals surface area contributed by atoms with Gasteiger partial charge in [0.15, 0.2) is 0 Å². The molecule has 2 N–H and O–H groups in total. The second-order valence-corrected chi connectivity index (χ2v) is 8.67. The number of pyridine rings is 1. The molecule has 32 heavy (non-hydrogen) atoms. The molecule has 0 saturated carbocycles. The van der Waals surface area contributed by atoms with Crippen LogP contribution >= 0.6 is 0 Å². The van der Waals surface area contributed by atoms with Crippen molar-refractivity contribution in [2.45, 2.75) is 25.0 Å². The summed E-state index contributed by atoms with van der Waals surface area (Å²) < 4.78 is 1.79. The Morgan fingerprint density at radius 3 is 2.31 bits per heavy atom. The Morgan fingerprint density at radius 2 is 1.66 bits per heavy atom. The highest BCUT2D eigenvalue weighted by atomic mass is 16.4. The number of fused-ring (bicyclic) bond motifs is 3. The number of carboxylic acids is 1. The predicted molar refractivity (Wildman–Crippen MR) is 121 cm³/mol. The number of benzene rings is 2. The molecule has 164 valence electrons. The van der Waals surface area contributed by atoms with Crippen molar-refractivity contribution in [1.29, 1.82) is 0 Å². The Balaban J connectivity index is 1.54. The summed E-state index contributed by atoms with van der Waals surface area (Å²) in [5.74, 6) is -1.45. The largest absolute Gasteiger partial charge is 0.480 e. The molecule has 1 fully saturated rings. The van der Waals surface area contributed by atoms with E-state index in [9.17, 15) is 19.8 Å². The molecule has 0 unspecified atom stereocenters. The molecule has 3 aromatic rings. The molecule has 6 nitrogen and oxygen atoms in total. The van der Waals surface area contributed by atoms with E-state index in [1.807, 2.05) is 77.7 Å². The van der Waals surface area contributed by atoms with Crippen molar-refractivity contribution in [3.05, 3.63) is 94.4 Å². The fourth-order valence-electron chi connectivity index (χ4n) is 5.59. The van der Waals surface area contributed by atoms with Gasteiger partial charge in [-0.15, -0.1) is 0 Å². The number of likely N-dealkylation sites (tertiary alicyclic amines) is 1. The third-order valence-corrected chi connectivity index (χ3v) is 7.03. The Hall–Kier alpha value is -3.22. The maximum atomic E-state index is 13.4. The number of aliphatic hydroxyl groups is 1. The zero-order valence-corrected chi connectivity index (χ0v) is 17.7. The number of hydrogen-bond acceptors (Lipinski definition) is 4. The van der Waals surface area contributed by atoms with Gasteiger partial charge >= 0.3 is 5.97 Å². The summed E-state index contributed by atoms with van der Waals surface area (Å²) in [5, 5.41) is 20.2. The van der Waals surface area contributed by atoms with E-state index >= 15 is 0 Å². The van der Waals surface area contributed by atoms with E-state index in [2.05, 4.69) is 0 Å². The average Bonchev–Trinajstić information content (AvgIpc) is 3.34. The minimum Gasteiger partial charge on any atom is -0.480 e. The number of carboxylic acid groups (broad SMARTS) is 1. The average molecular weight is 431 g/mol. The summed E-state index contributed by atoms with van der Waals surface area (Å²) in [7, 11) is 0. The number of nitrogens with zero attached hydrogens (tertiary/aromatic N) is 2. The van der Waals surface area contributed by atoms with Crippen LogP contribution in [0.3, 0.4) is 0 Å². The first-order chi connectivity index (χ1) is 15.6. The third kappa shape index (κ3) is 3.36. The van der Waals surface area contributed by atoms with Gasteiger partial charge in [-0.1, -0.05) is 60.7 Å². The minimum atomic E-state index is -0.915. The molecular formula is C26H26N2O4. The second-order valence-electron chi connectivity index (χ2n) is 8.67. The van der Waals surface area contributed by atoms with Crippen molar-refractivity contribution >= 4 is 5.97 Å². The molecule has 0 radical (unpaired) electrons. The van der Waals surface area contributed by atoms with Crippen LogP contribution in [0, 0.1) is 11.8 Å². The van der Waals surface area contributed by atoms with Crippen LogP contribution in [0.15, 0.2) is 77.6 Å². The normalized spacial score (nSPS) is 24.3. The van der Waals surface area contributed by atoms with Gasteiger partial charge in [-0.05, 0) is 29.7 Å². The van der Waals surface area contributed by atoms with Gasteiger partial charge in [0.2, 0.25) is 0 Å². The topological polar surface area (TPSA) is 82.8 Å². The highest BCUT2D eigenvalue weighted by Gasteiger charge is 2.55. The van der Waals surface area contributed by atoms with Crippen LogP contribution in [-0.4, -0.2) is 44.8 Å². The molecule has 2 aliphatic heterocycles. The zero-order valence-electron chi connectivity index (χ0n) is 17.7. The van der Waals surface area contributed by atoms with Crippen molar-refractivity contribution in [2.75, 3.05) is 13.2 Å². The van der Waals surface area contributed by atoms with E-state index in [0.29, 0.717) is 25.1 Å². The molecule has 0 bridgehead atoms. The standard InChI is InChI=1S/C26H26N2O4/c29-16-21-20-15-28-22(12-11-19(25(28)30)18-9-5-2-6-10-18)23(20)27(24(21)26(31)32)14-13-17-7-3-1-4-8-17/h1-12,20-21,23-24,29H,13-16H2,(H,31,32)/t20-,21-,23+,24-/m1/s1. The van der Waals surface area contributed by atoms with Crippen molar-refractivity contribution in [3.8, 4) is 11.1 Å². The number of aliphatic carboxylic acids is 1. The number of rotatable bonds is 6. The van der Waals surface area contributed by atoms with Crippen molar-refractivity contribution in [3.63, 3.8) is 0 Å². The quantitative estimate of drug-likeness (QED) is 0.628. The maximum absolute atomic E-state index is 13.4. The predicted octanol–water partition coefficient (Wildman–Crippen LogP) is 2.81. The molecule has 1 aromatic heterocycles. The molecule has 3 heterocycles. The molecular weight excluding hydrogens is 404 g/mol. The van der Waals surface area contributed by atoms with E-state index in [-0.39, 0.29) is 24.1 Å². The minimum absolute atomic E-state index is 0.0605. The van der Waals surface area contributed by atoms with Crippen molar-refractivity contribution in [1.82, 2.24) is 9.47 Å². The Morgan fingerprint density at radius 1 is 0.969 bits per heavy atom. The summed E-state index contributed by atoms with van der Waals surface area (Å²) in [6.45, 7) is 0.762. The third-order valence-electron chi connectivity index (χ3n) is 7.03. The summed E-state index contributed by atoms with van der Waals surface area (Å²) in [5.41, 5.74) is 3.42. The van der Waals surface area contributed by atoms with Gasteiger partial charge in [0.05, 0.1) is 6.04 Å². The van der Waals surface area contributed by atoms with Crippen LogP contribution in [0.5, 0.6) is 0 Å². The van der Waals surface area contributed by atoms with Crippen molar-refractivity contribution in [2.24, 2.45) is 11.8 Å². The summed E-state index contributed by atoms with van der Waals surface area (Å²) in [6, 6.07) is 22.4. The van der Waals surface area contributed by atoms with Crippen LogP contribution in [0.25, 0.3) is 11.1 Å². The van der Waals surface area contributed by atoms with Crippen LogP contribution in [0.1, 0.15) is 17.3 Å². The molecule has 0 aliphatic carbocycles. The summed E-state index contributed by atoms with van der Waals surface area (Å²) in [4.78, 5) is 27.6. The Bertz CT molecular complexity index is 1180. The number of aromatic nitrogens is 1. The molecule has 1 saturated heterocycles. The monoisotopic (exact) mass is 430 g/mol. The van der Waals surface area contributed by atoms with Crippen LogP contribution in [-0.2, 0) is 17.8 Å².